The standard InChI is InChI=1S/C23H24S/c1-4-6-11-19(3)23(14-7-5-2)24-22-17-15-21(16-18-22)20-12-9-8-10-13-20/h4-19,23H,1-2H2,3H3. The summed E-state index contributed by atoms with van der Waals surface area (Å²) in [4.78, 5) is 1.27. The van der Waals surface area contributed by atoms with Gasteiger partial charge in [0.2, 0.25) is 0 Å². The molecule has 2 rings (SSSR count). The quantitative estimate of drug-likeness (QED) is 0.373. The molecule has 0 spiro atoms. The van der Waals surface area contributed by atoms with Crippen LogP contribution in [0.15, 0.2) is 109 Å². The molecule has 2 atom stereocenters. The van der Waals surface area contributed by atoms with Crippen molar-refractivity contribution < 1.29 is 0 Å². The molecule has 0 aliphatic heterocycles. The Kier molecular flexibility index (Phi) is 7.38. The van der Waals surface area contributed by atoms with Crippen molar-refractivity contribution in [2.24, 2.45) is 5.92 Å². The highest BCUT2D eigenvalue weighted by Crippen LogP contribution is 2.31. The highest BCUT2D eigenvalue weighted by atomic mass is 32.2. The fraction of sp³-hybridized carbons (Fsp3) is 0.130. The predicted octanol–water partition coefficient (Wildman–Crippen LogP) is 6.93. The highest BCUT2D eigenvalue weighted by molar-refractivity contribution is 8.00. The summed E-state index contributed by atoms with van der Waals surface area (Å²) in [5, 5.41) is 0.363. The van der Waals surface area contributed by atoms with Crippen molar-refractivity contribution in [2.75, 3.05) is 0 Å². The molecule has 0 nitrogen and oxygen atoms in total. The van der Waals surface area contributed by atoms with E-state index in [-0.39, 0.29) is 0 Å². The molecule has 0 amide bonds. The van der Waals surface area contributed by atoms with Gasteiger partial charge in [-0.05, 0) is 29.2 Å². The van der Waals surface area contributed by atoms with E-state index in [1.807, 2.05) is 42.1 Å². The maximum atomic E-state index is 3.78. The van der Waals surface area contributed by atoms with E-state index < -0.39 is 0 Å². The number of hydrogen-bond donors (Lipinski definition) is 0. The van der Waals surface area contributed by atoms with Crippen LogP contribution >= 0.6 is 11.8 Å². The van der Waals surface area contributed by atoms with Gasteiger partial charge in [0.05, 0.1) is 0 Å². The van der Waals surface area contributed by atoms with Gasteiger partial charge in [-0.2, -0.15) is 0 Å². The SMILES string of the molecule is C=CC=CC(C)C(C=CC=C)Sc1ccc(-c2ccccc2)cc1. The third-order valence-corrected chi connectivity index (χ3v) is 5.14. The maximum absolute atomic E-state index is 3.78. The zero-order chi connectivity index (χ0) is 17.2. The molecule has 0 bridgehead atoms. The molecule has 0 aliphatic carbocycles. The Labute approximate surface area is 150 Å². The van der Waals surface area contributed by atoms with Crippen LogP contribution in [0.25, 0.3) is 11.1 Å². The Hall–Kier alpha value is -2.25. The molecule has 1 heteroatoms. The fourth-order valence-electron chi connectivity index (χ4n) is 2.39. The summed E-state index contributed by atoms with van der Waals surface area (Å²) in [6.07, 6.45) is 12.1. The number of rotatable bonds is 8. The average molecular weight is 333 g/mol. The van der Waals surface area contributed by atoms with Gasteiger partial charge in [0.1, 0.15) is 0 Å². The molecule has 0 radical (unpaired) electrons. The summed E-state index contributed by atoms with van der Waals surface area (Å²) in [6, 6.07) is 19.2. The molecule has 0 saturated heterocycles. The molecule has 24 heavy (non-hydrogen) atoms. The van der Waals surface area contributed by atoms with Crippen LogP contribution in [0, 0.1) is 5.92 Å². The lowest BCUT2D eigenvalue weighted by Crippen LogP contribution is -2.08. The van der Waals surface area contributed by atoms with Gasteiger partial charge >= 0.3 is 0 Å². The first-order valence-corrected chi connectivity index (χ1v) is 9.03. The van der Waals surface area contributed by atoms with Crippen LogP contribution in [0.4, 0.5) is 0 Å². The van der Waals surface area contributed by atoms with Crippen molar-refractivity contribution >= 4 is 11.8 Å². The molecule has 0 aliphatic rings. The maximum Gasteiger partial charge on any atom is 0.0337 e. The minimum atomic E-state index is 0.363. The Morgan fingerprint density at radius 3 is 2.00 bits per heavy atom. The molecule has 0 heterocycles. The predicted molar refractivity (Wildman–Crippen MR) is 109 cm³/mol. The van der Waals surface area contributed by atoms with Gasteiger partial charge in [-0.25, -0.2) is 0 Å². The minimum absolute atomic E-state index is 0.363. The summed E-state index contributed by atoms with van der Waals surface area (Å²) in [6.45, 7) is 9.75. The number of allylic oxidation sites excluding steroid dienone is 5. The zero-order valence-electron chi connectivity index (χ0n) is 14.1. The molecular weight excluding hydrogens is 308 g/mol. The van der Waals surface area contributed by atoms with Gasteiger partial charge in [0, 0.05) is 10.1 Å². The Morgan fingerprint density at radius 2 is 1.38 bits per heavy atom. The van der Waals surface area contributed by atoms with E-state index in [1.165, 1.54) is 16.0 Å². The van der Waals surface area contributed by atoms with Crippen molar-refractivity contribution in [2.45, 2.75) is 17.1 Å². The molecule has 122 valence electrons. The van der Waals surface area contributed by atoms with E-state index in [2.05, 4.69) is 80.8 Å². The first-order chi connectivity index (χ1) is 11.7. The average Bonchev–Trinajstić information content (AvgIpc) is 2.64. The van der Waals surface area contributed by atoms with E-state index in [0.29, 0.717) is 11.2 Å². The number of benzene rings is 2. The third-order valence-electron chi connectivity index (χ3n) is 3.74. The monoisotopic (exact) mass is 332 g/mol. The van der Waals surface area contributed by atoms with Crippen LogP contribution in [0.1, 0.15) is 6.92 Å². The van der Waals surface area contributed by atoms with E-state index in [9.17, 15) is 0 Å². The molecular formula is C23H24S. The third kappa shape index (κ3) is 5.43. The molecule has 2 unspecified atom stereocenters. The lowest BCUT2D eigenvalue weighted by molar-refractivity contribution is 0.760. The van der Waals surface area contributed by atoms with Gasteiger partial charge in [0.25, 0.3) is 0 Å². The first-order valence-electron chi connectivity index (χ1n) is 8.15. The minimum Gasteiger partial charge on any atom is -0.118 e. The fourth-order valence-corrected chi connectivity index (χ4v) is 3.47. The van der Waals surface area contributed by atoms with Crippen molar-refractivity contribution in [3.63, 3.8) is 0 Å². The summed E-state index contributed by atoms with van der Waals surface area (Å²) >= 11 is 1.87. The normalized spacial score (nSPS) is 13.9. The van der Waals surface area contributed by atoms with E-state index in [0.717, 1.165) is 0 Å². The Balaban J connectivity index is 2.14. The van der Waals surface area contributed by atoms with Crippen molar-refractivity contribution in [1.82, 2.24) is 0 Å². The zero-order valence-corrected chi connectivity index (χ0v) is 15.0. The van der Waals surface area contributed by atoms with Crippen LogP contribution < -0.4 is 0 Å². The van der Waals surface area contributed by atoms with Crippen molar-refractivity contribution in [1.29, 1.82) is 0 Å². The molecule has 2 aromatic carbocycles. The van der Waals surface area contributed by atoms with Crippen LogP contribution in [-0.4, -0.2) is 5.25 Å². The Morgan fingerprint density at radius 1 is 0.792 bits per heavy atom. The van der Waals surface area contributed by atoms with Gasteiger partial charge in [-0.1, -0.05) is 99.0 Å². The van der Waals surface area contributed by atoms with Crippen LogP contribution in [0.3, 0.4) is 0 Å². The number of hydrogen-bond acceptors (Lipinski definition) is 1. The van der Waals surface area contributed by atoms with Crippen LogP contribution in [0.5, 0.6) is 0 Å². The van der Waals surface area contributed by atoms with Gasteiger partial charge in [-0.15, -0.1) is 11.8 Å². The summed E-state index contributed by atoms with van der Waals surface area (Å²) in [5.41, 5.74) is 2.50. The largest absolute Gasteiger partial charge is 0.118 e. The van der Waals surface area contributed by atoms with Gasteiger partial charge in [0.15, 0.2) is 0 Å². The van der Waals surface area contributed by atoms with Crippen LogP contribution in [-0.2, 0) is 0 Å². The van der Waals surface area contributed by atoms with Crippen molar-refractivity contribution in [3.8, 4) is 11.1 Å². The van der Waals surface area contributed by atoms with Crippen LogP contribution in [0.2, 0.25) is 0 Å². The summed E-state index contributed by atoms with van der Waals surface area (Å²) < 4.78 is 0. The van der Waals surface area contributed by atoms with E-state index >= 15 is 0 Å². The molecule has 0 N–H and O–H groups in total. The second-order valence-corrected chi connectivity index (χ2v) is 6.82. The van der Waals surface area contributed by atoms with E-state index in [4.69, 9.17) is 0 Å². The second-order valence-electron chi connectivity index (χ2n) is 5.57. The lowest BCUT2D eigenvalue weighted by Gasteiger charge is -2.17. The Bertz CT molecular complexity index is 693. The summed E-state index contributed by atoms with van der Waals surface area (Å²) in [5.74, 6) is 0.415. The molecule has 0 fully saturated rings. The highest BCUT2D eigenvalue weighted by Gasteiger charge is 2.13. The summed E-state index contributed by atoms with van der Waals surface area (Å²) in [7, 11) is 0. The molecule has 2 aromatic rings. The van der Waals surface area contributed by atoms with E-state index in [1.54, 1.807) is 0 Å². The molecule has 0 saturated carbocycles. The van der Waals surface area contributed by atoms with Crippen molar-refractivity contribution in [3.05, 3.63) is 104 Å². The topological polar surface area (TPSA) is 0 Å². The van der Waals surface area contributed by atoms with Gasteiger partial charge < -0.3 is 0 Å². The first kappa shape index (κ1) is 18.1. The smallest absolute Gasteiger partial charge is 0.0337 e. The lowest BCUT2D eigenvalue weighted by atomic mass is 10.1. The number of thioether (sulfide) groups is 1. The van der Waals surface area contributed by atoms with Gasteiger partial charge in [-0.3, -0.25) is 0 Å². The second kappa shape index (κ2) is 9.79. The molecule has 0 aromatic heterocycles.